The quantitative estimate of drug-likeness (QED) is 0.673. The van der Waals surface area contributed by atoms with Gasteiger partial charge in [0.05, 0.1) is 17.4 Å². The van der Waals surface area contributed by atoms with Gasteiger partial charge in [-0.25, -0.2) is 4.98 Å². The fraction of sp³-hybridized carbons (Fsp3) is 0.167. The normalized spacial score (nSPS) is 10.4. The van der Waals surface area contributed by atoms with Gasteiger partial charge in [-0.1, -0.05) is 18.2 Å². The van der Waals surface area contributed by atoms with E-state index < -0.39 is 0 Å². The third kappa shape index (κ3) is 4.35. The summed E-state index contributed by atoms with van der Waals surface area (Å²) >= 11 is 0. The number of hydrogen-bond donors (Lipinski definition) is 2. The van der Waals surface area contributed by atoms with Gasteiger partial charge in [-0.3, -0.25) is 19.6 Å². The molecule has 0 aliphatic carbocycles. The van der Waals surface area contributed by atoms with Gasteiger partial charge < -0.3 is 10.6 Å². The number of nitrogens with one attached hydrogen (secondary N) is 2. The van der Waals surface area contributed by atoms with E-state index in [0.29, 0.717) is 25.1 Å². The zero-order chi connectivity index (χ0) is 17.5. The van der Waals surface area contributed by atoms with E-state index in [-0.39, 0.29) is 17.5 Å². The molecule has 0 spiro atoms. The zero-order valence-corrected chi connectivity index (χ0v) is 13.5. The summed E-state index contributed by atoms with van der Waals surface area (Å²) in [5, 5.41) is 6.55. The number of benzene rings is 1. The summed E-state index contributed by atoms with van der Waals surface area (Å²) in [5.74, 6) is -0.418. The van der Waals surface area contributed by atoms with Gasteiger partial charge in [-0.2, -0.15) is 0 Å². The van der Waals surface area contributed by atoms with E-state index in [4.69, 9.17) is 0 Å². The van der Waals surface area contributed by atoms with Crippen LogP contribution in [0.2, 0.25) is 0 Å². The lowest BCUT2D eigenvalue weighted by molar-refractivity contribution is -0.116. The lowest BCUT2D eigenvalue weighted by Crippen LogP contribution is -2.26. The summed E-state index contributed by atoms with van der Waals surface area (Å²) in [6.45, 7) is 0.386. The first kappa shape index (κ1) is 16.5. The van der Waals surface area contributed by atoms with Crippen LogP contribution in [0, 0.1) is 0 Å². The molecule has 2 N–H and O–H groups in total. The number of anilines is 1. The van der Waals surface area contributed by atoms with Gasteiger partial charge >= 0.3 is 0 Å². The predicted octanol–water partition coefficient (Wildman–Crippen LogP) is 2.17. The molecule has 7 heteroatoms. The van der Waals surface area contributed by atoms with E-state index in [0.717, 1.165) is 10.9 Å². The Hall–Kier alpha value is -3.35. The van der Waals surface area contributed by atoms with Crippen molar-refractivity contribution in [2.75, 3.05) is 11.9 Å². The third-order valence-corrected chi connectivity index (χ3v) is 3.57. The molecule has 0 saturated carbocycles. The molecular formula is C18H17N5O2. The van der Waals surface area contributed by atoms with Crippen molar-refractivity contribution in [2.24, 2.45) is 0 Å². The molecule has 25 heavy (non-hydrogen) atoms. The van der Waals surface area contributed by atoms with Crippen molar-refractivity contribution in [1.29, 1.82) is 0 Å². The Morgan fingerprint density at radius 2 is 1.88 bits per heavy atom. The van der Waals surface area contributed by atoms with Crippen LogP contribution in [0.25, 0.3) is 10.9 Å². The molecule has 0 unspecified atom stereocenters. The van der Waals surface area contributed by atoms with E-state index in [1.165, 1.54) is 18.6 Å². The van der Waals surface area contributed by atoms with Crippen molar-refractivity contribution in [3.8, 4) is 0 Å². The highest BCUT2D eigenvalue weighted by Crippen LogP contribution is 2.20. The fourth-order valence-corrected chi connectivity index (χ4v) is 2.38. The van der Waals surface area contributed by atoms with Crippen LogP contribution in [0.3, 0.4) is 0 Å². The Bertz CT molecular complexity index is 878. The lowest BCUT2D eigenvalue weighted by atomic mass is 10.2. The smallest absolute Gasteiger partial charge is 0.271 e. The summed E-state index contributed by atoms with van der Waals surface area (Å²) in [4.78, 5) is 36.0. The highest BCUT2D eigenvalue weighted by molar-refractivity contribution is 6.00. The Morgan fingerprint density at radius 3 is 2.72 bits per heavy atom. The topological polar surface area (TPSA) is 96.9 Å². The molecule has 0 aliphatic heterocycles. The molecule has 126 valence electrons. The third-order valence-electron chi connectivity index (χ3n) is 3.57. The number of carbonyl (C=O) groups is 2. The monoisotopic (exact) mass is 335 g/mol. The Balaban J connectivity index is 1.47. The summed E-state index contributed by atoms with van der Waals surface area (Å²) in [6, 6.07) is 9.44. The van der Waals surface area contributed by atoms with Gasteiger partial charge in [0.1, 0.15) is 5.69 Å². The molecule has 0 fully saturated rings. The molecule has 0 aliphatic rings. The summed E-state index contributed by atoms with van der Waals surface area (Å²) in [5.41, 5.74) is 1.70. The number of aromatic nitrogens is 3. The molecule has 0 radical (unpaired) electrons. The van der Waals surface area contributed by atoms with Gasteiger partial charge in [-0.05, 0) is 18.6 Å². The first-order valence-corrected chi connectivity index (χ1v) is 7.92. The van der Waals surface area contributed by atoms with E-state index in [1.54, 1.807) is 6.20 Å². The number of carbonyl (C=O) groups excluding carboxylic acids is 2. The number of para-hydroxylation sites is 1. The van der Waals surface area contributed by atoms with Crippen molar-refractivity contribution in [3.05, 3.63) is 60.8 Å². The number of rotatable bonds is 6. The second-order valence-corrected chi connectivity index (χ2v) is 5.38. The average Bonchev–Trinajstić information content (AvgIpc) is 2.66. The molecule has 0 saturated heterocycles. The first-order valence-electron chi connectivity index (χ1n) is 7.92. The summed E-state index contributed by atoms with van der Waals surface area (Å²) < 4.78 is 0. The number of hydrogen-bond acceptors (Lipinski definition) is 5. The highest BCUT2D eigenvalue weighted by atomic mass is 16.2. The minimum Gasteiger partial charge on any atom is -0.351 e. The molecule has 0 atom stereocenters. The molecule has 1 aromatic carbocycles. The summed E-state index contributed by atoms with van der Waals surface area (Å²) in [7, 11) is 0. The molecule has 2 aromatic heterocycles. The SMILES string of the molecule is O=C(CCCNC(=O)c1cnccn1)Nc1cccc2cccnc12. The van der Waals surface area contributed by atoms with Gasteiger partial charge in [0, 0.05) is 36.9 Å². The van der Waals surface area contributed by atoms with Crippen molar-refractivity contribution in [3.63, 3.8) is 0 Å². The highest BCUT2D eigenvalue weighted by Gasteiger charge is 2.08. The lowest BCUT2D eigenvalue weighted by Gasteiger charge is -2.08. The van der Waals surface area contributed by atoms with Crippen molar-refractivity contribution < 1.29 is 9.59 Å². The van der Waals surface area contributed by atoms with Crippen LogP contribution in [0.1, 0.15) is 23.3 Å². The van der Waals surface area contributed by atoms with Crippen molar-refractivity contribution >= 4 is 28.4 Å². The second-order valence-electron chi connectivity index (χ2n) is 5.38. The van der Waals surface area contributed by atoms with Gasteiger partial charge in [0.2, 0.25) is 5.91 Å². The largest absolute Gasteiger partial charge is 0.351 e. The number of amides is 2. The van der Waals surface area contributed by atoms with E-state index in [2.05, 4.69) is 25.6 Å². The minimum atomic E-state index is -0.299. The molecule has 0 bridgehead atoms. The van der Waals surface area contributed by atoms with Crippen LogP contribution in [-0.2, 0) is 4.79 Å². The Kier molecular flexibility index (Phi) is 5.26. The van der Waals surface area contributed by atoms with Gasteiger partial charge in [0.15, 0.2) is 0 Å². The Morgan fingerprint density at radius 1 is 1.00 bits per heavy atom. The number of nitrogens with zero attached hydrogens (tertiary/aromatic N) is 3. The maximum Gasteiger partial charge on any atom is 0.271 e. The molecule has 3 rings (SSSR count). The molecule has 2 heterocycles. The second kappa shape index (κ2) is 7.96. The molecule has 3 aromatic rings. The fourth-order valence-electron chi connectivity index (χ4n) is 2.38. The average molecular weight is 335 g/mol. The Labute approximate surface area is 144 Å². The van der Waals surface area contributed by atoms with Crippen LogP contribution in [-0.4, -0.2) is 33.3 Å². The first-order chi connectivity index (χ1) is 12.2. The predicted molar refractivity (Wildman–Crippen MR) is 94.0 cm³/mol. The van der Waals surface area contributed by atoms with Crippen LogP contribution in [0.15, 0.2) is 55.1 Å². The van der Waals surface area contributed by atoms with Crippen molar-refractivity contribution in [1.82, 2.24) is 20.3 Å². The summed E-state index contributed by atoms with van der Waals surface area (Å²) in [6.07, 6.45) is 6.87. The van der Waals surface area contributed by atoms with Crippen LogP contribution in [0.5, 0.6) is 0 Å². The molecule has 2 amide bonds. The van der Waals surface area contributed by atoms with Crippen LogP contribution < -0.4 is 10.6 Å². The van der Waals surface area contributed by atoms with Crippen LogP contribution in [0.4, 0.5) is 5.69 Å². The molecule has 7 nitrogen and oxygen atoms in total. The van der Waals surface area contributed by atoms with E-state index in [1.807, 2.05) is 30.3 Å². The van der Waals surface area contributed by atoms with Crippen molar-refractivity contribution in [2.45, 2.75) is 12.8 Å². The van der Waals surface area contributed by atoms with Gasteiger partial charge in [-0.15, -0.1) is 0 Å². The van der Waals surface area contributed by atoms with Gasteiger partial charge in [0.25, 0.3) is 5.91 Å². The maximum atomic E-state index is 12.1. The maximum absolute atomic E-state index is 12.1. The zero-order valence-electron chi connectivity index (χ0n) is 13.5. The van der Waals surface area contributed by atoms with Crippen LogP contribution >= 0.6 is 0 Å². The number of pyridine rings is 1. The number of fused-ring (bicyclic) bond motifs is 1. The van der Waals surface area contributed by atoms with E-state index in [9.17, 15) is 9.59 Å². The molecular weight excluding hydrogens is 318 g/mol. The standard InChI is InChI=1S/C18H17N5O2/c24-16(7-3-9-22-18(25)15-12-19-10-11-20-15)23-14-6-1-4-13-5-2-8-21-17(13)14/h1-2,4-6,8,10-12H,3,7,9H2,(H,22,25)(H,23,24). The minimum absolute atomic E-state index is 0.119. The van der Waals surface area contributed by atoms with E-state index >= 15 is 0 Å².